The van der Waals surface area contributed by atoms with Gasteiger partial charge >= 0.3 is 29.6 Å². The van der Waals surface area contributed by atoms with Crippen LogP contribution in [-0.2, 0) is 16.6 Å². The van der Waals surface area contributed by atoms with Gasteiger partial charge in [0.2, 0.25) is 5.91 Å². The third-order valence-corrected chi connectivity index (χ3v) is 8.56. The van der Waals surface area contributed by atoms with Crippen LogP contribution in [0.5, 0.6) is 0 Å². The summed E-state index contributed by atoms with van der Waals surface area (Å²) >= 11 is 0.614. The van der Waals surface area contributed by atoms with E-state index in [-0.39, 0.29) is 40.9 Å². The molecule has 0 aliphatic carbocycles. The maximum atomic E-state index is 12.7. The molecule has 5 rings (SSSR count). The van der Waals surface area contributed by atoms with Gasteiger partial charge in [0, 0.05) is 17.8 Å². The molecule has 0 fully saturated rings. The Morgan fingerprint density at radius 3 is 1.69 bits per heavy atom. The summed E-state index contributed by atoms with van der Waals surface area (Å²) < 4.78 is 9.57. The summed E-state index contributed by atoms with van der Waals surface area (Å²) in [6.45, 7) is 15.9. The first-order chi connectivity index (χ1) is 23.8. The van der Waals surface area contributed by atoms with Crippen LogP contribution in [-0.4, -0.2) is 36.1 Å². The van der Waals surface area contributed by atoms with Gasteiger partial charge in [-0.05, 0) is 103 Å². The molecular weight excluding hydrogens is 660 g/mol. The Kier molecular flexibility index (Phi) is 18.6. The van der Waals surface area contributed by atoms with Crippen LogP contribution in [0, 0.1) is 27.7 Å². The number of carbonyl (C=O) groups is 2. The fourth-order valence-corrected chi connectivity index (χ4v) is 5.80. The number of benzene rings is 5. The standard InChI is InChI=1S/C33H35NO.C8H8O.C3H9NOS.Na/c1-22-19-23(2)32(24(3)20-22)28-13-17-30(18-14-28)34-31(35)21-25-7-9-26(10-8-25)27-11-15-29(16-12-27)33(4,5)6;1-7-2-4-8(6-9)5-3-7;1-4-2-3-6-5;/h7-20H,21H2,1-6H3,(H,34,35);2-6H,1H3;4-5H,2-3H2,1H3;/q;;;+1/p-1. The molecule has 0 aliphatic heterocycles. The predicted octanol–water partition coefficient (Wildman–Crippen LogP) is 7.31. The number of aldehydes is 1. The molecule has 5 aromatic carbocycles. The Bertz CT molecular complexity index is 1770. The molecule has 2 N–H and O–H groups in total. The maximum absolute atomic E-state index is 12.7. The first kappa shape index (κ1) is 43.7. The quantitative estimate of drug-likeness (QED) is 0.0727. The van der Waals surface area contributed by atoms with Crippen molar-refractivity contribution >= 4 is 29.9 Å². The van der Waals surface area contributed by atoms with Gasteiger partial charge in [-0.15, -0.1) is 0 Å². The van der Waals surface area contributed by atoms with Crippen LogP contribution >= 0.6 is 12.0 Å². The number of amides is 1. The van der Waals surface area contributed by atoms with E-state index in [0.29, 0.717) is 24.2 Å². The van der Waals surface area contributed by atoms with Crippen molar-refractivity contribution in [1.82, 2.24) is 5.32 Å². The molecule has 0 aliphatic rings. The maximum Gasteiger partial charge on any atom is 1.00 e. The summed E-state index contributed by atoms with van der Waals surface area (Å²) in [6.07, 6.45) is 1.20. The van der Waals surface area contributed by atoms with Gasteiger partial charge in [-0.3, -0.25) is 21.6 Å². The Labute approximate surface area is 332 Å². The van der Waals surface area contributed by atoms with Crippen LogP contribution in [0.2, 0.25) is 0 Å². The molecule has 51 heavy (non-hydrogen) atoms. The molecule has 0 spiro atoms. The summed E-state index contributed by atoms with van der Waals surface area (Å²) in [5.74, 6) is 0.652. The summed E-state index contributed by atoms with van der Waals surface area (Å²) in [6, 6.07) is 37.0. The van der Waals surface area contributed by atoms with E-state index in [1.807, 2.05) is 62.5 Å². The average Bonchev–Trinajstić information content (AvgIpc) is 3.08. The largest absolute Gasteiger partial charge is 1.00 e. The average molecular weight is 711 g/mol. The molecule has 0 saturated heterocycles. The van der Waals surface area contributed by atoms with Crippen molar-refractivity contribution in [2.45, 2.75) is 60.3 Å². The monoisotopic (exact) mass is 710 g/mol. The topological polar surface area (TPSA) is 81.3 Å². The minimum atomic E-state index is -0.0114. The van der Waals surface area contributed by atoms with Crippen LogP contribution in [0.15, 0.2) is 109 Å². The molecule has 0 saturated carbocycles. The minimum absolute atomic E-state index is 0. The second kappa shape index (κ2) is 21.8. The van der Waals surface area contributed by atoms with E-state index in [0.717, 1.165) is 35.2 Å². The Morgan fingerprint density at radius 2 is 1.24 bits per heavy atom. The van der Waals surface area contributed by atoms with Gasteiger partial charge in [0.05, 0.1) is 6.42 Å². The van der Waals surface area contributed by atoms with Gasteiger partial charge in [-0.25, -0.2) is 0 Å². The Hall–Kier alpha value is -3.49. The van der Waals surface area contributed by atoms with E-state index in [1.54, 1.807) is 0 Å². The van der Waals surface area contributed by atoms with Gasteiger partial charge < -0.3 is 15.2 Å². The zero-order valence-electron chi connectivity index (χ0n) is 31.7. The van der Waals surface area contributed by atoms with Crippen molar-refractivity contribution in [3.63, 3.8) is 0 Å². The summed E-state index contributed by atoms with van der Waals surface area (Å²) in [5.41, 5.74) is 13.8. The van der Waals surface area contributed by atoms with Crippen LogP contribution in [0.4, 0.5) is 5.69 Å². The summed E-state index contributed by atoms with van der Waals surface area (Å²) in [7, 11) is 1.83. The van der Waals surface area contributed by atoms with Gasteiger partial charge in [0.25, 0.3) is 0 Å². The van der Waals surface area contributed by atoms with Crippen molar-refractivity contribution in [1.29, 1.82) is 0 Å². The van der Waals surface area contributed by atoms with E-state index in [9.17, 15) is 14.1 Å². The summed E-state index contributed by atoms with van der Waals surface area (Å²) in [4.78, 5) is 22.8. The molecule has 0 bridgehead atoms. The van der Waals surface area contributed by atoms with E-state index in [4.69, 9.17) is 0 Å². The molecule has 7 heteroatoms. The Morgan fingerprint density at radius 1 is 0.725 bits per heavy atom. The number of anilines is 1. The van der Waals surface area contributed by atoms with Crippen molar-refractivity contribution < 1.29 is 43.7 Å². The van der Waals surface area contributed by atoms with Crippen molar-refractivity contribution in [2.75, 3.05) is 24.7 Å². The van der Waals surface area contributed by atoms with Crippen LogP contribution in [0.1, 0.15) is 64.5 Å². The van der Waals surface area contributed by atoms with Crippen molar-refractivity contribution in [2.24, 2.45) is 0 Å². The third kappa shape index (κ3) is 14.6. The predicted molar refractivity (Wildman–Crippen MR) is 213 cm³/mol. The van der Waals surface area contributed by atoms with Crippen molar-refractivity contribution in [3.05, 3.63) is 148 Å². The molecule has 262 valence electrons. The van der Waals surface area contributed by atoms with E-state index < -0.39 is 0 Å². The second-order valence-corrected chi connectivity index (χ2v) is 14.2. The minimum Gasteiger partial charge on any atom is -0.799 e. The number of aryl methyl sites for hydroxylation is 4. The molecule has 0 radical (unpaired) electrons. The van der Waals surface area contributed by atoms with Gasteiger partial charge in [-0.1, -0.05) is 129 Å². The smallest absolute Gasteiger partial charge is 0.799 e. The van der Waals surface area contributed by atoms with Gasteiger partial charge in [-0.2, -0.15) is 0 Å². The third-order valence-electron chi connectivity index (χ3n) is 8.19. The molecule has 0 aromatic heterocycles. The number of nitrogens with one attached hydrogen (secondary N) is 2. The molecule has 0 atom stereocenters. The molecule has 0 unspecified atom stereocenters. The van der Waals surface area contributed by atoms with E-state index in [1.165, 1.54) is 44.5 Å². The van der Waals surface area contributed by atoms with Crippen molar-refractivity contribution in [3.8, 4) is 22.3 Å². The van der Waals surface area contributed by atoms with E-state index in [2.05, 4.69) is 113 Å². The summed E-state index contributed by atoms with van der Waals surface area (Å²) in [5, 5.41) is 5.88. The van der Waals surface area contributed by atoms with Crippen LogP contribution in [0.3, 0.4) is 0 Å². The Balaban J connectivity index is 0.000000468. The first-order valence-corrected chi connectivity index (χ1v) is 17.8. The zero-order valence-corrected chi connectivity index (χ0v) is 34.5. The van der Waals surface area contributed by atoms with E-state index >= 15 is 0 Å². The van der Waals surface area contributed by atoms with Gasteiger partial charge in [0.1, 0.15) is 6.29 Å². The number of hydrogen-bond acceptors (Lipinski definition) is 5. The molecule has 5 aromatic rings. The fourth-order valence-electron chi connectivity index (χ4n) is 5.51. The zero-order chi connectivity index (χ0) is 36.7. The number of hydrogen-bond donors (Lipinski definition) is 2. The molecule has 1 amide bonds. The molecule has 5 nitrogen and oxygen atoms in total. The normalized spacial score (nSPS) is 10.5. The second-order valence-electron chi connectivity index (χ2n) is 13.6. The number of rotatable bonds is 9. The first-order valence-electron chi connectivity index (χ1n) is 16.9. The fraction of sp³-hybridized carbons (Fsp3) is 0.273. The van der Waals surface area contributed by atoms with Gasteiger partial charge in [0.15, 0.2) is 0 Å². The van der Waals surface area contributed by atoms with Crippen LogP contribution < -0.4 is 40.2 Å². The molecular formula is C44H51N2NaO3S. The number of carbonyl (C=O) groups excluding carboxylic acids is 2. The SMILES string of the molecule is CNCCS[O-].Cc1cc(C)c(-c2ccc(NC(=O)Cc3ccc(-c4ccc(C(C)(C)C)cc4)cc3)cc2)c(C)c1.Cc1ccc(C=O)cc1.[Na+]. The van der Waals surface area contributed by atoms with Crippen LogP contribution in [0.25, 0.3) is 22.3 Å². The molecule has 0 heterocycles.